The molecule has 4 aromatic rings. The van der Waals surface area contributed by atoms with Gasteiger partial charge in [-0.05, 0) is 80.8 Å². The monoisotopic (exact) mass is 780 g/mol. The number of hydrogen-bond acceptors (Lipinski definition) is 11. The van der Waals surface area contributed by atoms with Crippen molar-refractivity contribution < 1.29 is 38.0 Å². The van der Waals surface area contributed by atoms with Gasteiger partial charge in [-0.15, -0.1) is 6.58 Å². The van der Waals surface area contributed by atoms with Gasteiger partial charge in [-0.3, -0.25) is 9.36 Å². The van der Waals surface area contributed by atoms with E-state index in [0.717, 1.165) is 11.1 Å². The standard InChI is InChI=1S/C39H38Cl2N2O9S/c1-7-10-25-15-23(16-31(47-5)36(25)52-20-26-11-13-27(40)19-28(26)41)17-32-37(45)43-35(34(38(46)50-9-3)22(4)42-39(43)53-32)24-12-14-29(30(18-24)49-8-2)51-21-33(44)48-6/h7,11-19,35H,1,8-10,20-21H2,2-6H3/b32-17-/t35-/m1/s1. The van der Waals surface area contributed by atoms with Gasteiger partial charge in [-0.1, -0.05) is 52.7 Å². The molecule has 1 aliphatic rings. The van der Waals surface area contributed by atoms with E-state index in [2.05, 4.69) is 11.6 Å². The number of halogens is 2. The van der Waals surface area contributed by atoms with Crippen molar-refractivity contribution in [3.63, 3.8) is 0 Å². The predicted octanol–water partition coefficient (Wildman–Crippen LogP) is 6.37. The Morgan fingerprint density at radius 1 is 0.962 bits per heavy atom. The lowest BCUT2D eigenvalue weighted by Crippen LogP contribution is -2.40. The van der Waals surface area contributed by atoms with E-state index in [1.807, 2.05) is 6.07 Å². The van der Waals surface area contributed by atoms with E-state index in [0.29, 0.717) is 65.6 Å². The van der Waals surface area contributed by atoms with Crippen molar-refractivity contribution in [2.75, 3.05) is 34.0 Å². The van der Waals surface area contributed by atoms with Crippen molar-refractivity contribution in [2.24, 2.45) is 4.99 Å². The molecule has 2 heterocycles. The lowest BCUT2D eigenvalue weighted by molar-refractivity contribution is -0.143. The Morgan fingerprint density at radius 3 is 2.43 bits per heavy atom. The highest BCUT2D eigenvalue weighted by Gasteiger charge is 2.34. The number of allylic oxidation sites excluding steroid dienone is 2. The van der Waals surface area contributed by atoms with Gasteiger partial charge in [0.25, 0.3) is 5.56 Å². The van der Waals surface area contributed by atoms with Gasteiger partial charge in [0.05, 0.1) is 49.3 Å². The van der Waals surface area contributed by atoms with E-state index < -0.39 is 18.0 Å². The minimum absolute atomic E-state index is 0.124. The van der Waals surface area contributed by atoms with E-state index >= 15 is 0 Å². The molecular weight excluding hydrogens is 743 g/mol. The molecule has 0 bridgehead atoms. The number of benzene rings is 3. The molecule has 0 radical (unpaired) electrons. The molecule has 278 valence electrons. The summed E-state index contributed by atoms with van der Waals surface area (Å²) in [5.74, 6) is 0.397. The molecule has 53 heavy (non-hydrogen) atoms. The molecule has 1 aliphatic heterocycles. The maximum Gasteiger partial charge on any atom is 0.343 e. The Balaban J connectivity index is 1.62. The minimum Gasteiger partial charge on any atom is -0.493 e. The van der Waals surface area contributed by atoms with Crippen LogP contribution in [0.3, 0.4) is 0 Å². The molecule has 0 saturated heterocycles. The second-order valence-electron chi connectivity index (χ2n) is 11.5. The molecule has 0 spiro atoms. The van der Waals surface area contributed by atoms with E-state index in [9.17, 15) is 14.4 Å². The zero-order valence-electron chi connectivity index (χ0n) is 29.8. The summed E-state index contributed by atoms with van der Waals surface area (Å²) < 4.78 is 35.5. The first-order valence-corrected chi connectivity index (χ1v) is 18.1. The van der Waals surface area contributed by atoms with Crippen LogP contribution in [0.25, 0.3) is 6.08 Å². The average Bonchev–Trinajstić information content (AvgIpc) is 3.43. The first kappa shape index (κ1) is 39.2. The van der Waals surface area contributed by atoms with Crippen molar-refractivity contribution in [2.45, 2.75) is 39.8 Å². The molecule has 0 fully saturated rings. The van der Waals surface area contributed by atoms with Crippen LogP contribution in [0.2, 0.25) is 10.0 Å². The molecule has 0 saturated carbocycles. The third kappa shape index (κ3) is 8.78. The average molecular weight is 782 g/mol. The molecule has 0 amide bonds. The van der Waals surface area contributed by atoms with Crippen LogP contribution in [-0.4, -0.2) is 50.5 Å². The lowest BCUT2D eigenvalue weighted by Gasteiger charge is -2.25. The molecule has 11 nitrogen and oxygen atoms in total. The molecule has 1 aromatic heterocycles. The number of methoxy groups -OCH3 is 2. The Bertz CT molecular complexity index is 2260. The summed E-state index contributed by atoms with van der Waals surface area (Å²) in [6.07, 6.45) is 3.94. The van der Waals surface area contributed by atoms with Gasteiger partial charge < -0.3 is 28.4 Å². The van der Waals surface area contributed by atoms with E-state index in [4.69, 9.17) is 51.6 Å². The second-order valence-corrected chi connectivity index (χ2v) is 13.4. The highest BCUT2D eigenvalue weighted by Crippen LogP contribution is 2.37. The summed E-state index contributed by atoms with van der Waals surface area (Å²) >= 11 is 13.6. The number of nitrogens with zero attached hydrogens (tertiary/aromatic N) is 2. The van der Waals surface area contributed by atoms with Crippen molar-refractivity contribution in [1.82, 2.24) is 4.57 Å². The Morgan fingerprint density at radius 2 is 1.75 bits per heavy atom. The largest absolute Gasteiger partial charge is 0.493 e. The first-order chi connectivity index (χ1) is 25.5. The zero-order valence-corrected chi connectivity index (χ0v) is 32.2. The van der Waals surface area contributed by atoms with Gasteiger partial charge >= 0.3 is 11.9 Å². The molecule has 0 aliphatic carbocycles. The number of thiazole rings is 1. The zero-order chi connectivity index (χ0) is 38.2. The number of carbonyl (C=O) groups excluding carboxylic acids is 2. The number of fused-ring (bicyclic) bond motifs is 1. The van der Waals surface area contributed by atoms with Gasteiger partial charge in [0.2, 0.25) is 0 Å². The molecule has 5 rings (SSSR count). The summed E-state index contributed by atoms with van der Waals surface area (Å²) in [4.78, 5) is 44.7. The van der Waals surface area contributed by atoms with Crippen LogP contribution in [0.4, 0.5) is 0 Å². The quantitative estimate of drug-likeness (QED) is 0.100. The number of esters is 2. The summed E-state index contributed by atoms with van der Waals surface area (Å²) in [5.41, 5.74) is 2.97. The number of carbonyl (C=O) groups is 2. The van der Waals surface area contributed by atoms with Crippen LogP contribution >= 0.6 is 34.5 Å². The van der Waals surface area contributed by atoms with Gasteiger partial charge in [0.15, 0.2) is 34.4 Å². The van der Waals surface area contributed by atoms with Gasteiger partial charge in [0, 0.05) is 21.2 Å². The fraction of sp³-hybridized carbons (Fsp3) is 0.282. The normalized spacial score (nSPS) is 13.9. The summed E-state index contributed by atoms with van der Waals surface area (Å²) in [5, 5.41) is 0.998. The van der Waals surface area contributed by atoms with Gasteiger partial charge in [0.1, 0.15) is 6.61 Å². The Labute approximate surface area is 320 Å². The van der Waals surface area contributed by atoms with Crippen molar-refractivity contribution in [3.8, 4) is 23.0 Å². The van der Waals surface area contributed by atoms with Crippen molar-refractivity contribution in [3.05, 3.63) is 124 Å². The maximum atomic E-state index is 14.4. The van der Waals surface area contributed by atoms with Crippen LogP contribution in [0.5, 0.6) is 23.0 Å². The highest BCUT2D eigenvalue weighted by atomic mass is 35.5. The molecular formula is C39H38Cl2N2O9S. The summed E-state index contributed by atoms with van der Waals surface area (Å²) in [6, 6.07) is 13.0. The molecule has 14 heteroatoms. The molecule has 1 atom stereocenters. The van der Waals surface area contributed by atoms with Crippen molar-refractivity contribution in [1.29, 1.82) is 0 Å². The second kappa shape index (κ2) is 17.7. The number of ether oxygens (including phenoxy) is 6. The SMILES string of the molecule is C=CCc1cc(/C=c2\sc3n(c2=O)[C@H](c2ccc(OCC(=O)OC)c(OCC)c2)C(C(=O)OCC)=C(C)N=3)cc(OC)c1OCc1ccc(Cl)cc1Cl. The lowest BCUT2D eigenvalue weighted by atomic mass is 9.95. The smallest absolute Gasteiger partial charge is 0.343 e. The Hall–Kier alpha value is -5.04. The highest BCUT2D eigenvalue weighted by molar-refractivity contribution is 7.07. The van der Waals surface area contributed by atoms with E-state index in [-0.39, 0.29) is 37.6 Å². The molecule has 3 aromatic carbocycles. The maximum absolute atomic E-state index is 14.4. The summed E-state index contributed by atoms with van der Waals surface area (Å²) in [6.45, 7) is 9.36. The summed E-state index contributed by atoms with van der Waals surface area (Å²) in [7, 11) is 2.80. The van der Waals surface area contributed by atoms with E-state index in [1.165, 1.54) is 30.1 Å². The first-order valence-electron chi connectivity index (χ1n) is 16.6. The fourth-order valence-corrected chi connectivity index (χ4v) is 7.22. The molecule has 0 N–H and O–H groups in total. The van der Waals surface area contributed by atoms with Crippen molar-refractivity contribution >= 4 is 52.6 Å². The van der Waals surface area contributed by atoms with E-state index in [1.54, 1.807) is 75.4 Å². The van der Waals surface area contributed by atoms with Crippen LogP contribution in [0.1, 0.15) is 49.1 Å². The van der Waals surface area contributed by atoms with Crippen LogP contribution in [0.15, 0.2) is 82.2 Å². The number of rotatable bonds is 15. The number of aromatic nitrogens is 1. The minimum atomic E-state index is -0.914. The third-order valence-corrected chi connectivity index (χ3v) is 9.67. The molecule has 0 unspecified atom stereocenters. The predicted molar refractivity (Wildman–Crippen MR) is 203 cm³/mol. The fourth-order valence-electron chi connectivity index (χ4n) is 5.71. The third-order valence-electron chi connectivity index (χ3n) is 8.10. The van der Waals surface area contributed by atoms with Crippen LogP contribution in [0, 0.1) is 0 Å². The van der Waals surface area contributed by atoms with Crippen LogP contribution in [-0.2, 0) is 32.1 Å². The topological polar surface area (TPSA) is 124 Å². The number of hydrogen-bond donors (Lipinski definition) is 0. The van der Waals surface area contributed by atoms with Gasteiger partial charge in [-0.2, -0.15) is 0 Å². The van der Waals surface area contributed by atoms with Crippen LogP contribution < -0.4 is 33.8 Å². The Kier molecular flexibility index (Phi) is 13.0. The van der Waals surface area contributed by atoms with Gasteiger partial charge in [-0.25, -0.2) is 14.6 Å².